The van der Waals surface area contributed by atoms with Crippen LogP contribution in [0.1, 0.15) is 12.6 Å². The number of aromatic nitrogens is 1. The second-order valence-corrected chi connectivity index (χ2v) is 3.95. The molecule has 0 saturated heterocycles. The van der Waals surface area contributed by atoms with Crippen LogP contribution < -0.4 is 15.9 Å². The normalized spacial score (nSPS) is 12.6. The second-order valence-electron chi connectivity index (χ2n) is 3.11. The zero-order valence-electron chi connectivity index (χ0n) is 7.87. The minimum atomic E-state index is -0.323. The van der Waals surface area contributed by atoms with Gasteiger partial charge in [-0.15, -0.1) is 0 Å². The van der Waals surface area contributed by atoms with Gasteiger partial charge in [-0.2, -0.15) is 0 Å². The Bertz CT molecular complexity index is 357. The van der Waals surface area contributed by atoms with Crippen LogP contribution in [0.2, 0.25) is 0 Å². The molecule has 1 amide bonds. The molecule has 0 aliphatic carbocycles. The van der Waals surface area contributed by atoms with Crippen molar-refractivity contribution in [3.63, 3.8) is 0 Å². The van der Waals surface area contributed by atoms with Crippen LogP contribution in [0.3, 0.4) is 0 Å². The van der Waals surface area contributed by atoms with Gasteiger partial charge in [0.2, 0.25) is 5.91 Å². The first-order valence-corrected chi connectivity index (χ1v) is 5.14. The maximum absolute atomic E-state index is 10.8. The van der Waals surface area contributed by atoms with Crippen molar-refractivity contribution < 1.29 is 4.79 Å². The van der Waals surface area contributed by atoms with E-state index in [1.165, 1.54) is 0 Å². The third-order valence-corrected chi connectivity index (χ3v) is 2.54. The summed E-state index contributed by atoms with van der Waals surface area (Å²) in [5, 5.41) is 4.79. The molecule has 1 rings (SSSR count). The minimum Gasteiger partial charge on any atom is -0.369 e. The number of hydrogen-bond donors (Lipinski definition) is 3. The lowest BCUT2D eigenvalue weighted by Crippen LogP contribution is -2.30. The largest absolute Gasteiger partial charge is 0.369 e. The lowest BCUT2D eigenvalue weighted by atomic mass is 10.2. The van der Waals surface area contributed by atoms with Crippen molar-refractivity contribution in [1.82, 2.24) is 10.3 Å². The Labute approximate surface area is 85.3 Å². The average molecular weight is 215 g/mol. The third kappa shape index (κ3) is 3.31. The number of thiazole rings is 1. The lowest BCUT2D eigenvalue weighted by Gasteiger charge is -2.07. The molecule has 14 heavy (non-hydrogen) atoms. The van der Waals surface area contributed by atoms with E-state index in [1.54, 1.807) is 12.3 Å². The molecule has 4 N–H and O–H groups in total. The monoisotopic (exact) mass is 215 g/mol. The van der Waals surface area contributed by atoms with E-state index in [1.807, 2.05) is 0 Å². The number of hydrogen-bond acceptors (Lipinski definition) is 4. The number of primary amides is 1. The standard InChI is InChI=1S/C8H13N3O2S/c1-5(7(9)12)2-10-3-6-4-14-8(13)11-6/h4-5,10H,2-3H2,1H3,(H2,9,12)(H,11,13). The molecule has 1 unspecified atom stereocenters. The molecule has 0 radical (unpaired) electrons. The Balaban J connectivity index is 2.28. The zero-order valence-corrected chi connectivity index (χ0v) is 8.69. The summed E-state index contributed by atoms with van der Waals surface area (Å²) in [5.41, 5.74) is 5.92. The van der Waals surface area contributed by atoms with Gasteiger partial charge < -0.3 is 16.0 Å². The van der Waals surface area contributed by atoms with Crippen molar-refractivity contribution in [2.75, 3.05) is 6.54 Å². The Morgan fingerprint density at radius 1 is 1.79 bits per heavy atom. The van der Waals surface area contributed by atoms with Crippen LogP contribution in [-0.4, -0.2) is 17.4 Å². The van der Waals surface area contributed by atoms with Gasteiger partial charge in [0.05, 0.1) is 0 Å². The van der Waals surface area contributed by atoms with Crippen LogP contribution in [0.5, 0.6) is 0 Å². The van der Waals surface area contributed by atoms with Crippen molar-refractivity contribution >= 4 is 17.2 Å². The van der Waals surface area contributed by atoms with Crippen LogP contribution in [0, 0.1) is 5.92 Å². The SMILES string of the molecule is CC(CNCc1csc(=O)[nH]1)C(N)=O. The first-order chi connectivity index (χ1) is 6.59. The minimum absolute atomic E-state index is 0.0650. The highest BCUT2D eigenvalue weighted by Crippen LogP contribution is 1.96. The van der Waals surface area contributed by atoms with Gasteiger partial charge in [0.1, 0.15) is 0 Å². The summed E-state index contributed by atoms with van der Waals surface area (Å²) in [4.78, 5) is 24.0. The first kappa shape index (κ1) is 10.9. The summed E-state index contributed by atoms with van der Waals surface area (Å²) in [6.07, 6.45) is 0. The van der Waals surface area contributed by atoms with E-state index in [0.717, 1.165) is 17.0 Å². The number of nitrogens with two attached hydrogens (primary N) is 1. The highest BCUT2D eigenvalue weighted by atomic mass is 32.1. The highest BCUT2D eigenvalue weighted by Gasteiger charge is 2.07. The first-order valence-electron chi connectivity index (χ1n) is 4.26. The Morgan fingerprint density at radius 2 is 2.50 bits per heavy atom. The van der Waals surface area contributed by atoms with E-state index < -0.39 is 0 Å². The highest BCUT2D eigenvalue weighted by molar-refractivity contribution is 7.07. The zero-order chi connectivity index (χ0) is 10.6. The number of carbonyl (C=O) groups is 1. The van der Waals surface area contributed by atoms with Gasteiger partial charge >= 0.3 is 4.87 Å². The van der Waals surface area contributed by atoms with Crippen LogP contribution in [-0.2, 0) is 11.3 Å². The number of rotatable bonds is 5. The molecular formula is C8H13N3O2S. The van der Waals surface area contributed by atoms with Crippen molar-refractivity contribution in [3.05, 3.63) is 20.7 Å². The number of aromatic amines is 1. The fourth-order valence-corrected chi connectivity index (χ4v) is 1.51. The summed E-state index contributed by atoms with van der Waals surface area (Å²) in [6, 6.07) is 0. The van der Waals surface area contributed by atoms with Crippen LogP contribution in [0.4, 0.5) is 0 Å². The molecule has 0 aromatic carbocycles. The van der Waals surface area contributed by atoms with Crippen LogP contribution >= 0.6 is 11.3 Å². The van der Waals surface area contributed by atoms with E-state index >= 15 is 0 Å². The number of amides is 1. The van der Waals surface area contributed by atoms with Gasteiger partial charge in [0, 0.05) is 30.1 Å². The summed E-state index contributed by atoms with van der Waals surface area (Å²) in [7, 11) is 0. The predicted molar refractivity (Wildman–Crippen MR) is 55.0 cm³/mol. The van der Waals surface area contributed by atoms with Crippen molar-refractivity contribution in [3.8, 4) is 0 Å². The second kappa shape index (κ2) is 4.92. The average Bonchev–Trinajstić information content (AvgIpc) is 2.51. The van der Waals surface area contributed by atoms with E-state index in [9.17, 15) is 9.59 Å². The molecule has 1 heterocycles. The van der Waals surface area contributed by atoms with Gasteiger partial charge in [0.15, 0.2) is 0 Å². The van der Waals surface area contributed by atoms with Crippen LogP contribution in [0.25, 0.3) is 0 Å². The number of nitrogens with one attached hydrogen (secondary N) is 2. The number of carbonyl (C=O) groups excluding carboxylic acids is 1. The van der Waals surface area contributed by atoms with Crippen molar-refractivity contribution in [2.45, 2.75) is 13.5 Å². The molecule has 1 atom stereocenters. The number of H-pyrrole nitrogens is 1. The molecular weight excluding hydrogens is 202 g/mol. The summed E-state index contributed by atoms with van der Waals surface area (Å²) >= 11 is 1.13. The van der Waals surface area contributed by atoms with E-state index in [-0.39, 0.29) is 16.7 Å². The predicted octanol–water partition coefficient (Wildman–Crippen LogP) is -0.353. The molecule has 0 fully saturated rings. The van der Waals surface area contributed by atoms with E-state index in [2.05, 4.69) is 10.3 Å². The maximum atomic E-state index is 10.8. The van der Waals surface area contributed by atoms with Gasteiger partial charge in [-0.1, -0.05) is 18.3 Å². The topological polar surface area (TPSA) is 88.0 Å². The Morgan fingerprint density at radius 3 is 3.00 bits per heavy atom. The molecule has 0 bridgehead atoms. The molecule has 1 aromatic rings. The van der Waals surface area contributed by atoms with Crippen molar-refractivity contribution in [2.24, 2.45) is 11.7 Å². The molecule has 1 aromatic heterocycles. The fraction of sp³-hybridized carbons (Fsp3) is 0.500. The van der Waals surface area contributed by atoms with E-state index in [0.29, 0.717) is 13.1 Å². The molecule has 0 spiro atoms. The van der Waals surface area contributed by atoms with Crippen molar-refractivity contribution in [1.29, 1.82) is 0 Å². The van der Waals surface area contributed by atoms with Gasteiger partial charge in [-0.3, -0.25) is 9.59 Å². The van der Waals surface area contributed by atoms with Gasteiger partial charge in [-0.05, 0) is 0 Å². The quantitative estimate of drug-likeness (QED) is 0.627. The maximum Gasteiger partial charge on any atom is 0.304 e. The molecule has 0 aliphatic rings. The molecule has 5 nitrogen and oxygen atoms in total. The molecule has 0 aliphatic heterocycles. The smallest absolute Gasteiger partial charge is 0.304 e. The summed E-state index contributed by atoms with van der Waals surface area (Å²) in [6.45, 7) is 2.83. The van der Waals surface area contributed by atoms with Gasteiger partial charge in [-0.25, -0.2) is 0 Å². The Hall–Kier alpha value is -1.14. The molecule has 6 heteroatoms. The van der Waals surface area contributed by atoms with Crippen LogP contribution in [0.15, 0.2) is 10.2 Å². The van der Waals surface area contributed by atoms with E-state index in [4.69, 9.17) is 5.73 Å². The molecule has 78 valence electrons. The summed E-state index contributed by atoms with van der Waals surface area (Å²) in [5.74, 6) is -0.517. The fourth-order valence-electron chi connectivity index (χ4n) is 0.924. The third-order valence-electron chi connectivity index (χ3n) is 1.82. The summed E-state index contributed by atoms with van der Waals surface area (Å²) < 4.78 is 0. The van der Waals surface area contributed by atoms with Gasteiger partial charge in [0.25, 0.3) is 0 Å². The Kier molecular flexibility index (Phi) is 3.84. The lowest BCUT2D eigenvalue weighted by molar-refractivity contribution is -0.121. The molecule has 0 saturated carbocycles.